The van der Waals surface area contributed by atoms with Crippen molar-refractivity contribution in [2.75, 3.05) is 32.5 Å². The van der Waals surface area contributed by atoms with Crippen LogP contribution in [0.25, 0.3) is 0 Å². The molecule has 1 aliphatic heterocycles. The number of fused-ring (bicyclic) bond motifs is 1. The van der Waals surface area contributed by atoms with Gasteiger partial charge < -0.3 is 15.5 Å². The van der Waals surface area contributed by atoms with Gasteiger partial charge in [0.2, 0.25) is 0 Å². The van der Waals surface area contributed by atoms with Crippen molar-refractivity contribution in [3.05, 3.63) is 17.1 Å². The van der Waals surface area contributed by atoms with Crippen LogP contribution in [0.4, 0.5) is 5.82 Å². The van der Waals surface area contributed by atoms with E-state index in [1.54, 1.807) is 0 Å². The van der Waals surface area contributed by atoms with Crippen LogP contribution in [0, 0.1) is 5.92 Å². The maximum atomic E-state index is 12.3. The molecular weight excluding hydrogens is 326 g/mol. The van der Waals surface area contributed by atoms with Crippen LogP contribution < -0.4 is 10.6 Å². The number of nitrogens with zero attached hydrogens (tertiary/aromatic N) is 3. The molecule has 1 aromatic rings. The number of carbonyl (C=O) groups excluding carboxylic acids is 1. The fourth-order valence-electron chi connectivity index (χ4n) is 4.18. The highest BCUT2D eigenvalue weighted by molar-refractivity contribution is 5.96. The van der Waals surface area contributed by atoms with E-state index in [1.165, 1.54) is 32.1 Å². The van der Waals surface area contributed by atoms with Gasteiger partial charge in [0.15, 0.2) is 0 Å². The van der Waals surface area contributed by atoms with Crippen molar-refractivity contribution in [2.45, 2.75) is 64.3 Å². The number of aromatic nitrogens is 2. The molecule has 0 bridgehead atoms. The zero-order valence-electron chi connectivity index (χ0n) is 16.7. The van der Waals surface area contributed by atoms with Crippen molar-refractivity contribution < 1.29 is 4.79 Å². The van der Waals surface area contributed by atoms with Gasteiger partial charge in [-0.2, -0.15) is 0 Å². The monoisotopic (exact) mass is 359 g/mol. The third kappa shape index (κ3) is 4.00. The normalized spacial score (nSPS) is 19.4. The first kappa shape index (κ1) is 19.1. The van der Waals surface area contributed by atoms with E-state index in [1.807, 2.05) is 0 Å². The zero-order chi connectivity index (χ0) is 18.7. The van der Waals surface area contributed by atoms with Gasteiger partial charge >= 0.3 is 0 Å². The van der Waals surface area contributed by atoms with Crippen molar-refractivity contribution in [1.82, 2.24) is 20.2 Å². The second kappa shape index (κ2) is 7.91. The Kier molecular flexibility index (Phi) is 5.80. The molecule has 2 heterocycles. The summed E-state index contributed by atoms with van der Waals surface area (Å²) in [6.07, 6.45) is 7.89. The lowest BCUT2D eigenvalue weighted by molar-refractivity contribution is 0.0940. The molecule has 1 saturated carbocycles. The van der Waals surface area contributed by atoms with E-state index in [-0.39, 0.29) is 11.4 Å². The van der Waals surface area contributed by atoms with E-state index in [2.05, 4.69) is 48.5 Å². The third-order valence-corrected chi connectivity index (χ3v) is 5.84. The fourth-order valence-corrected chi connectivity index (χ4v) is 4.18. The predicted octanol–water partition coefficient (Wildman–Crippen LogP) is 2.64. The molecule has 0 saturated heterocycles. The minimum atomic E-state index is -0.0679. The Morgan fingerprint density at radius 2 is 1.92 bits per heavy atom. The first-order valence-electron chi connectivity index (χ1n) is 10.0. The van der Waals surface area contributed by atoms with Gasteiger partial charge in [0.05, 0.1) is 0 Å². The van der Waals surface area contributed by atoms with E-state index in [0.29, 0.717) is 18.2 Å². The Bertz CT molecular complexity index is 650. The molecule has 0 atom stereocenters. The van der Waals surface area contributed by atoms with Crippen LogP contribution in [0.1, 0.15) is 67.8 Å². The molecule has 2 aliphatic rings. The second-order valence-electron chi connectivity index (χ2n) is 8.45. The first-order chi connectivity index (χ1) is 12.4. The van der Waals surface area contributed by atoms with Crippen molar-refractivity contribution >= 4 is 11.7 Å². The van der Waals surface area contributed by atoms with Crippen LogP contribution in [-0.4, -0.2) is 53.5 Å². The maximum absolute atomic E-state index is 12.3. The molecule has 1 aromatic heterocycles. The highest BCUT2D eigenvalue weighted by Crippen LogP contribution is 2.33. The number of anilines is 1. The lowest BCUT2D eigenvalue weighted by Gasteiger charge is -2.43. The Labute approximate surface area is 157 Å². The van der Waals surface area contributed by atoms with Gasteiger partial charge in [0, 0.05) is 30.6 Å². The lowest BCUT2D eigenvalue weighted by Crippen LogP contribution is -2.51. The number of carbonyl (C=O) groups is 1. The number of likely N-dealkylation sites (N-methyl/N-ethyl adjacent to an activating group) is 1. The standard InChI is InChI=1S/C20H33N5O/c1-14(2)12-16-23-17-15(8-11-21-19(17)26)18(24-16)22-13-20(25(3)4)9-6-5-7-10-20/h14H,5-13H2,1-4H3,(H,21,26)(H,22,23,24). The quantitative estimate of drug-likeness (QED) is 0.817. The summed E-state index contributed by atoms with van der Waals surface area (Å²) in [7, 11) is 4.36. The topological polar surface area (TPSA) is 70.2 Å². The number of nitrogens with one attached hydrogen (secondary N) is 2. The third-order valence-electron chi connectivity index (χ3n) is 5.84. The molecule has 1 fully saturated rings. The van der Waals surface area contributed by atoms with Crippen LogP contribution in [0.2, 0.25) is 0 Å². The molecule has 0 unspecified atom stereocenters. The lowest BCUT2D eigenvalue weighted by atomic mass is 9.80. The average Bonchev–Trinajstić information content (AvgIpc) is 2.61. The molecule has 0 spiro atoms. The van der Waals surface area contributed by atoms with Gasteiger partial charge in [-0.25, -0.2) is 9.97 Å². The van der Waals surface area contributed by atoms with Gasteiger partial charge in [-0.3, -0.25) is 4.79 Å². The summed E-state index contributed by atoms with van der Waals surface area (Å²) in [6.45, 7) is 5.83. The van der Waals surface area contributed by atoms with Gasteiger partial charge in [0.25, 0.3) is 5.91 Å². The molecule has 0 radical (unpaired) electrons. The van der Waals surface area contributed by atoms with Gasteiger partial charge in [-0.1, -0.05) is 33.1 Å². The van der Waals surface area contributed by atoms with E-state index in [4.69, 9.17) is 4.98 Å². The Balaban J connectivity index is 1.88. The van der Waals surface area contributed by atoms with Crippen molar-refractivity contribution in [2.24, 2.45) is 5.92 Å². The fraction of sp³-hybridized carbons (Fsp3) is 0.750. The summed E-state index contributed by atoms with van der Waals surface area (Å²) >= 11 is 0. The smallest absolute Gasteiger partial charge is 0.270 e. The van der Waals surface area contributed by atoms with Crippen LogP contribution >= 0.6 is 0 Å². The summed E-state index contributed by atoms with van der Waals surface area (Å²) in [4.78, 5) is 24.1. The average molecular weight is 360 g/mol. The Morgan fingerprint density at radius 1 is 1.19 bits per heavy atom. The first-order valence-corrected chi connectivity index (χ1v) is 10.0. The van der Waals surface area contributed by atoms with Gasteiger partial charge in [0.1, 0.15) is 17.3 Å². The largest absolute Gasteiger partial charge is 0.368 e. The number of amides is 1. The molecule has 1 aliphatic carbocycles. The summed E-state index contributed by atoms with van der Waals surface area (Å²) in [5.41, 5.74) is 1.71. The summed E-state index contributed by atoms with van der Waals surface area (Å²) in [5.74, 6) is 2.02. The Morgan fingerprint density at radius 3 is 2.58 bits per heavy atom. The predicted molar refractivity (Wildman–Crippen MR) is 105 cm³/mol. The number of rotatable bonds is 6. The van der Waals surface area contributed by atoms with E-state index in [0.717, 1.165) is 36.6 Å². The zero-order valence-corrected chi connectivity index (χ0v) is 16.7. The highest BCUT2D eigenvalue weighted by Gasteiger charge is 2.34. The Hall–Kier alpha value is -1.69. The molecule has 3 rings (SSSR count). The second-order valence-corrected chi connectivity index (χ2v) is 8.45. The van der Waals surface area contributed by atoms with Crippen LogP contribution in [-0.2, 0) is 12.8 Å². The summed E-state index contributed by atoms with van der Waals surface area (Å²) < 4.78 is 0. The SMILES string of the molecule is CC(C)Cc1nc(NCC2(N(C)C)CCCCC2)c2c(n1)C(=O)NCC2. The molecular formula is C20H33N5O. The van der Waals surface area contributed by atoms with Gasteiger partial charge in [-0.15, -0.1) is 0 Å². The molecule has 2 N–H and O–H groups in total. The van der Waals surface area contributed by atoms with Crippen molar-refractivity contribution in [1.29, 1.82) is 0 Å². The van der Waals surface area contributed by atoms with Crippen LogP contribution in [0.15, 0.2) is 0 Å². The van der Waals surface area contributed by atoms with Crippen LogP contribution in [0.5, 0.6) is 0 Å². The van der Waals surface area contributed by atoms with Crippen molar-refractivity contribution in [3.63, 3.8) is 0 Å². The summed E-state index contributed by atoms with van der Waals surface area (Å²) in [6, 6.07) is 0. The molecule has 144 valence electrons. The van der Waals surface area contributed by atoms with Gasteiger partial charge in [-0.05, 0) is 39.3 Å². The molecule has 6 nitrogen and oxygen atoms in total. The van der Waals surface area contributed by atoms with Crippen LogP contribution in [0.3, 0.4) is 0 Å². The van der Waals surface area contributed by atoms with E-state index >= 15 is 0 Å². The highest BCUT2D eigenvalue weighted by atomic mass is 16.1. The maximum Gasteiger partial charge on any atom is 0.270 e. The van der Waals surface area contributed by atoms with E-state index in [9.17, 15) is 4.79 Å². The van der Waals surface area contributed by atoms with Crippen molar-refractivity contribution in [3.8, 4) is 0 Å². The number of hydrogen-bond donors (Lipinski definition) is 2. The molecule has 26 heavy (non-hydrogen) atoms. The molecule has 6 heteroatoms. The number of hydrogen-bond acceptors (Lipinski definition) is 5. The molecule has 1 amide bonds. The summed E-state index contributed by atoms with van der Waals surface area (Å²) in [5, 5.41) is 6.54. The van der Waals surface area contributed by atoms with E-state index < -0.39 is 0 Å². The minimum absolute atomic E-state index is 0.0679. The molecule has 0 aromatic carbocycles. The minimum Gasteiger partial charge on any atom is -0.368 e.